The van der Waals surface area contributed by atoms with Crippen molar-refractivity contribution >= 4 is 29.8 Å². The predicted molar refractivity (Wildman–Crippen MR) is 146 cm³/mol. The molecule has 0 unspecified atom stereocenters. The van der Waals surface area contributed by atoms with Gasteiger partial charge in [0.15, 0.2) is 18.3 Å². The Morgan fingerprint density at radius 1 is 0.767 bits per heavy atom. The van der Waals surface area contributed by atoms with Crippen molar-refractivity contribution < 1.29 is 56.1 Å². The minimum atomic E-state index is -4.73. The Kier molecular flexibility index (Phi) is 13.9. The quantitative estimate of drug-likeness (QED) is 0.210. The first-order chi connectivity index (χ1) is 20.4. The van der Waals surface area contributed by atoms with Gasteiger partial charge in [0.25, 0.3) is 5.91 Å². The van der Waals surface area contributed by atoms with E-state index in [9.17, 15) is 37.1 Å². The maximum absolute atomic E-state index is 13.8. The Labute approximate surface area is 249 Å². The predicted octanol–water partition coefficient (Wildman–Crippen LogP) is 5.01. The highest BCUT2D eigenvalue weighted by Crippen LogP contribution is 2.32. The first kappa shape index (κ1) is 35.6. The van der Waals surface area contributed by atoms with Gasteiger partial charge in [-0.25, -0.2) is 0 Å². The number of rotatable bonds is 14. The third-order valence-electron chi connectivity index (χ3n) is 6.59. The molecular weight excluding hydrogens is 575 g/mol. The van der Waals surface area contributed by atoms with Crippen molar-refractivity contribution in [2.24, 2.45) is 0 Å². The number of carbonyl (C=O) groups is 5. The Hall–Kier alpha value is -3.64. The number of nitrogens with zero attached hydrogens (tertiary/aromatic N) is 1. The molecule has 4 atom stereocenters. The molecule has 240 valence electrons. The highest BCUT2D eigenvalue weighted by Gasteiger charge is 2.52. The first-order valence-electron chi connectivity index (χ1n) is 14.6. The number of amides is 1. The molecule has 1 aliphatic heterocycles. The van der Waals surface area contributed by atoms with Crippen LogP contribution in [0, 0.1) is 0 Å². The van der Waals surface area contributed by atoms with Crippen LogP contribution in [0.3, 0.4) is 0 Å². The van der Waals surface area contributed by atoms with E-state index >= 15 is 0 Å². The summed E-state index contributed by atoms with van der Waals surface area (Å²) in [7, 11) is 0. The second-order valence-electron chi connectivity index (χ2n) is 10.2. The van der Waals surface area contributed by atoms with Crippen molar-refractivity contribution in [1.29, 1.82) is 0 Å². The van der Waals surface area contributed by atoms with E-state index in [4.69, 9.17) is 18.9 Å². The van der Waals surface area contributed by atoms with Gasteiger partial charge in [-0.2, -0.15) is 13.2 Å². The zero-order valence-electron chi connectivity index (χ0n) is 24.9. The van der Waals surface area contributed by atoms with Gasteiger partial charge < -0.3 is 23.8 Å². The van der Waals surface area contributed by atoms with E-state index in [2.05, 4.69) is 0 Å². The molecule has 0 saturated carbocycles. The third-order valence-corrected chi connectivity index (χ3v) is 6.59. The summed E-state index contributed by atoms with van der Waals surface area (Å²) in [4.78, 5) is 65.3. The molecule has 1 aliphatic rings. The lowest BCUT2D eigenvalue weighted by Crippen LogP contribution is -2.66. The molecule has 1 fully saturated rings. The van der Waals surface area contributed by atoms with Crippen LogP contribution in [-0.4, -0.2) is 72.2 Å². The first-order valence-corrected chi connectivity index (χ1v) is 14.6. The van der Waals surface area contributed by atoms with E-state index in [0.29, 0.717) is 31.7 Å². The molecule has 0 bridgehead atoms. The number of likely N-dealkylation sites (tertiary alicyclic amines) is 1. The minimum Gasteiger partial charge on any atom is -0.463 e. The molecule has 43 heavy (non-hydrogen) atoms. The van der Waals surface area contributed by atoms with Crippen LogP contribution in [0.4, 0.5) is 13.2 Å². The van der Waals surface area contributed by atoms with Gasteiger partial charge in [0.2, 0.25) is 0 Å². The van der Waals surface area contributed by atoms with Crippen molar-refractivity contribution in [3.8, 4) is 0 Å². The molecule has 0 radical (unpaired) electrons. The van der Waals surface area contributed by atoms with E-state index in [1.165, 1.54) is 6.07 Å². The van der Waals surface area contributed by atoms with Gasteiger partial charge >= 0.3 is 30.1 Å². The van der Waals surface area contributed by atoms with Gasteiger partial charge in [0.1, 0.15) is 12.6 Å². The largest absolute Gasteiger partial charge is 0.463 e. The van der Waals surface area contributed by atoms with Gasteiger partial charge in [0.05, 0.1) is 12.1 Å². The fourth-order valence-corrected chi connectivity index (χ4v) is 4.56. The average molecular weight is 616 g/mol. The monoisotopic (exact) mass is 615 g/mol. The number of esters is 4. The molecule has 0 N–H and O–H groups in total. The standard InChI is InChI=1S/C30H40F3NO9/c1-5-10-23(35)40-18-21-27(42-25(37)12-7-3)28(43-26(38)13-8-4)22(41-24(36)11-6-2)17-34(21)29(39)19-14-9-15-20(16-19)30(31,32)33/h9,14-16,21-22,27-28H,5-8,10-13,17-18H2,1-4H3/t21-,22+,27-,28-/m1/s1. The van der Waals surface area contributed by atoms with Crippen LogP contribution in [0.2, 0.25) is 0 Å². The number of hydrogen-bond acceptors (Lipinski definition) is 9. The van der Waals surface area contributed by atoms with Gasteiger partial charge in [-0.15, -0.1) is 0 Å². The molecule has 1 amide bonds. The van der Waals surface area contributed by atoms with Gasteiger partial charge in [-0.05, 0) is 43.9 Å². The summed E-state index contributed by atoms with van der Waals surface area (Å²) in [5, 5.41) is 0. The average Bonchev–Trinajstić information content (AvgIpc) is 2.93. The number of hydrogen-bond donors (Lipinski definition) is 0. The highest BCUT2D eigenvalue weighted by atomic mass is 19.4. The summed E-state index contributed by atoms with van der Waals surface area (Å²) in [6.45, 7) is 5.99. The van der Waals surface area contributed by atoms with E-state index < -0.39 is 79.0 Å². The molecule has 10 nitrogen and oxygen atoms in total. The fraction of sp³-hybridized carbons (Fsp3) is 0.633. The summed E-state index contributed by atoms with van der Waals surface area (Å²) in [5.74, 6) is -3.62. The summed E-state index contributed by atoms with van der Waals surface area (Å²) in [6, 6.07) is 2.45. The second-order valence-corrected chi connectivity index (χ2v) is 10.2. The number of halogens is 3. The van der Waals surface area contributed by atoms with Crippen molar-refractivity contribution in [2.45, 2.75) is 110 Å². The van der Waals surface area contributed by atoms with E-state index in [0.717, 1.165) is 17.0 Å². The molecule has 1 saturated heterocycles. The van der Waals surface area contributed by atoms with Gasteiger partial charge in [-0.1, -0.05) is 33.8 Å². The zero-order chi connectivity index (χ0) is 32.2. The van der Waals surface area contributed by atoms with Crippen LogP contribution in [0.1, 0.15) is 95.0 Å². The topological polar surface area (TPSA) is 126 Å². The van der Waals surface area contributed by atoms with Crippen LogP contribution < -0.4 is 0 Å². The van der Waals surface area contributed by atoms with Crippen LogP contribution in [0.5, 0.6) is 0 Å². The number of carbonyl (C=O) groups excluding carboxylic acids is 5. The summed E-state index contributed by atoms with van der Waals surface area (Å²) in [5.41, 5.74) is -1.41. The highest BCUT2D eigenvalue weighted by molar-refractivity contribution is 5.95. The normalized spacial score (nSPS) is 20.2. The Morgan fingerprint density at radius 2 is 1.28 bits per heavy atom. The molecule has 1 aromatic rings. The van der Waals surface area contributed by atoms with Crippen molar-refractivity contribution in [3.63, 3.8) is 0 Å². The fourth-order valence-electron chi connectivity index (χ4n) is 4.56. The van der Waals surface area contributed by atoms with Crippen molar-refractivity contribution in [2.75, 3.05) is 13.2 Å². The molecule has 13 heteroatoms. The maximum Gasteiger partial charge on any atom is 0.416 e. The smallest absolute Gasteiger partial charge is 0.416 e. The minimum absolute atomic E-state index is 0.00789. The van der Waals surface area contributed by atoms with Crippen LogP contribution >= 0.6 is 0 Å². The van der Waals surface area contributed by atoms with Gasteiger partial charge in [-0.3, -0.25) is 24.0 Å². The van der Waals surface area contributed by atoms with Crippen LogP contribution in [0.25, 0.3) is 0 Å². The Bertz CT molecular complexity index is 1120. The summed E-state index contributed by atoms with van der Waals surface area (Å²) in [6.07, 6.45) is -7.26. The SMILES string of the molecule is CCCC(=O)OC[C@@H]1[C@@H](OC(=O)CCC)[C@H](OC(=O)CCC)[C@@H](OC(=O)CCC)CN1C(=O)c1cccc(C(F)(F)F)c1. The number of benzene rings is 1. The van der Waals surface area contributed by atoms with Gasteiger partial charge in [0, 0.05) is 31.2 Å². The lowest BCUT2D eigenvalue weighted by Gasteiger charge is -2.47. The second kappa shape index (κ2) is 16.9. The molecule has 2 rings (SSSR count). The van der Waals surface area contributed by atoms with E-state index in [1.807, 2.05) is 0 Å². The van der Waals surface area contributed by atoms with Crippen molar-refractivity contribution in [1.82, 2.24) is 4.90 Å². The molecule has 1 aromatic carbocycles. The Balaban J connectivity index is 2.67. The van der Waals surface area contributed by atoms with Crippen molar-refractivity contribution in [3.05, 3.63) is 35.4 Å². The maximum atomic E-state index is 13.8. The number of alkyl halides is 3. The third kappa shape index (κ3) is 10.5. The lowest BCUT2D eigenvalue weighted by atomic mass is 9.92. The van der Waals surface area contributed by atoms with E-state index in [-0.39, 0.29) is 31.2 Å². The van der Waals surface area contributed by atoms with E-state index in [1.54, 1.807) is 27.7 Å². The molecule has 0 spiro atoms. The molecule has 1 heterocycles. The number of piperidine rings is 1. The molecular formula is C30H40F3NO9. The number of ether oxygens (including phenoxy) is 4. The molecule has 0 aromatic heterocycles. The van der Waals surface area contributed by atoms with Crippen LogP contribution in [0.15, 0.2) is 24.3 Å². The zero-order valence-corrected chi connectivity index (χ0v) is 24.9. The Morgan fingerprint density at radius 3 is 1.81 bits per heavy atom. The summed E-state index contributed by atoms with van der Waals surface area (Å²) < 4.78 is 62.8. The van der Waals surface area contributed by atoms with Crippen LogP contribution in [-0.2, 0) is 44.3 Å². The lowest BCUT2D eigenvalue weighted by molar-refractivity contribution is -0.206. The molecule has 0 aliphatic carbocycles. The summed E-state index contributed by atoms with van der Waals surface area (Å²) >= 11 is 0.